The summed E-state index contributed by atoms with van der Waals surface area (Å²) in [5, 5.41) is 8.52. The van der Waals surface area contributed by atoms with Crippen LogP contribution in [0.5, 0.6) is 5.75 Å². The van der Waals surface area contributed by atoms with Gasteiger partial charge in [0.2, 0.25) is 0 Å². The fraction of sp³-hybridized carbons (Fsp3) is 0.200. The standard InChI is InChI=1S/C10H9N3O2/c11-5-8-6-13(8)10(14)15-9-3-1-2-7(12)4-9/h1-4,8H,6,12H2. The fourth-order valence-electron chi connectivity index (χ4n) is 1.19. The van der Waals surface area contributed by atoms with Gasteiger partial charge in [0.25, 0.3) is 0 Å². The average Bonchev–Trinajstić information content (AvgIpc) is 2.96. The van der Waals surface area contributed by atoms with Crippen molar-refractivity contribution in [3.63, 3.8) is 0 Å². The fourth-order valence-corrected chi connectivity index (χ4v) is 1.19. The number of hydrogen-bond acceptors (Lipinski definition) is 4. The predicted octanol–water partition coefficient (Wildman–Crippen LogP) is 0.975. The van der Waals surface area contributed by atoms with Crippen LogP contribution in [0.25, 0.3) is 0 Å². The van der Waals surface area contributed by atoms with Gasteiger partial charge < -0.3 is 10.5 Å². The molecule has 0 spiro atoms. The van der Waals surface area contributed by atoms with Crippen LogP contribution < -0.4 is 10.5 Å². The largest absolute Gasteiger partial charge is 0.416 e. The first-order chi connectivity index (χ1) is 7.20. The summed E-state index contributed by atoms with van der Waals surface area (Å²) in [5.74, 6) is 0.392. The van der Waals surface area contributed by atoms with Gasteiger partial charge in [-0.25, -0.2) is 4.79 Å². The second-order valence-corrected chi connectivity index (χ2v) is 3.24. The lowest BCUT2D eigenvalue weighted by Crippen LogP contribution is -2.17. The molecule has 0 saturated carbocycles. The minimum atomic E-state index is -0.507. The number of ether oxygens (including phenoxy) is 1. The number of benzene rings is 1. The zero-order chi connectivity index (χ0) is 10.8. The van der Waals surface area contributed by atoms with Crippen LogP contribution in [0, 0.1) is 11.3 Å². The van der Waals surface area contributed by atoms with E-state index in [1.54, 1.807) is 24.3 Å². The summed E-state index contributed by atoms with van der Waals surface area (Å²) in [5.41, 5.74) is 6.05. The van der Waals surface area contributed by atoms with Crippen LogP contribution in [0.15, 0.2) is 24.3 Å². The minimum Gasteiger partial charge on any atom is -0.410 e. The molecule has 2 rings (SSSR count). The number of carbonyl (C=O) groups is 1. The van der Waals surface area contributed by atoms with E-state index in [9.17, 15) is 4.79 Å². The molecule has 15 heavy (non-hydrogen) atoms. The van der Waals surface area contributed by atoms with Crippen molar-refractivity contribution in [1.29, 1.82) is 5.26 Å². The molecule has 1 saturated heterocycles. The van der Waals surface area contributed by atoms with E-state index in [1.165, 1.54) is 4.90 Å². The van der Waals surface area contributed by atoms with Gasteiger partial charge in [-0.1, -0.05) is 6.07 Å². The van der Waals surface area contributed by atoms with Gasteiger partial charge in [0, 0.05) is 11.8 Å². The van der Waals surface area contributed by atoms with E-state index in [1.807, 2.05) is 6.07 Å². The third-order valence-corrected chi connectivity index (χ3v) is 2.06. The van der Waals surface area contributed by atoms with Crippen LogP contribution >= 0.6 is 0 Å². The molecule has 76 valence electrons. The first-order valence-corrected chi connectivity index (χ1v) is 4.44. The molecule has 0 radical (unpaired) electrons. The Labute approximate surface area is 86.7 Å². The van der Waals surface area contributed by atoms with Crippen LogP contribution in [0.1, 0.15) is 0 Å². The van der Waals surface area contributed by atoms with Gasteiger partial charge in [0.15, 0.2) is 0 Å². The molecule has 1 aliphatic rings. The van der Waals surface area contributed by atoms with Crippen LogP contribution in [-0.4, -0.2) is 23.6 Å². The number of amides is 1. The van der Waals surface area contributed by atoms with Gasteiger partial charge in [-0.15, -0.1) is 0 Å². The second-order valence-electron chi connectivity index (χ2n) is 3.24. The Kier molecular flexibility index (Phi) is 2.18. The van der Waals surface area contributed by atoms with Crippen molar-refractivity contribution in [2.75, 3.05) is 12.3 Å². The Morgan fingerprint density at radius 2 is 2.47 bits per heavy atom. The highest BCUT2D eigenvalue weighted by atomic mass is 16.6. The molecule has 0 aromatic heterocycles. The smallest absolute Gasteiger partial charge is 0.410 e. The molecule has 5 heteroatoms. The van der Waals surface area contributed by atoms with E-state index in [0.29, 0.717) is 18.0 Å². The van der Waals surface area contributed by atoms with E-state index in [4.69, 9.17) is 15.7 Å². The van der Waals surface area contributed by atoms with Crippen molar-refractivity contribution in [2.45, 2.75) is 6.04 Å². The van der Waals surface area contributed by atoms with E-state index >= 15 is 0 Å². The van der Waals surface area contributed by atoms with Gasteiger partial charge in [-0.3, -0.25) is 4.90 Å². The number of nitriles is 1. The number of nitrogens with zero attached hydrogens (tertiary/aromatic N) is 2. The molecule has 1 aromatic rings. The lowest BCUT2D eigenvalue weighted by molar-refractivity contribution is 0.184. The lowest BCUT2D eigenvalue weighted by atomic mass is 10.3. The number of anilines is 1. The molecular weight excluding hydrogens is 194 g/mol. The Bertz CT molecular complexity index is 439. The summed E-state index contributed by atoms with van der Waals surface area (Å²) in [6, 6.07) is 8.23. The SMILES string of the molecule is N#CC1CN1C(=O)Oc1cccc(N)c1. The van der Waals surface area contributed by atoms with E-state index < -0.39 is 6.09 Å². The molecule has 0 aliphatic carbocycles. The molecule has 1 aromatic carbocycles. The van der Waals surface area contributed by atoms with Crippen LogP contribution in [0.2, 0.25) is 0 Å². The zero-order valence-corrected chi connectivity index (χ0v) is 7.88. The molecule has 1 unspecified atom stereocenters. The summed E-state index contributed by atoms with van der Waals surface area (Å²) >= 11 is 0. The van der Waals surface area contributed by atoms with Gasteiger partial charge in [0.05, 0.1) is 12.6 Å². The maximum atomic E-state index is 11.4. The minimum absolute atomic E-state index is 0.335. The quantitative estimate of drug-likeness (QED) is 0.545. The lowest BCUT2D eigenvalue weighted by Gasteiger charge is -2.04. The average molecular weight is 203 g/mol. The van der Waals surface area contributed by atoms with Crippen molar-refractivity contribution >= 4 is 11.8 Å². The summed E-state index contributed by atoms with van der Waals surface area (Å²) < 4.78 is 5.01. The van der Waals surface area contributed by atoms with Crippen LogP contribution in [0.4, 0.5) is 10.5 Å². The molecule has 0 bridgehead atoms. The van der Waals surface area contributed by atoms with Crippen molar-refractivity contribution in [3.05, 3.63) is 24.3 Å². The Morgan fingerprint density at radius 3 is 3.07 bits per heavy atom. The predicted molar refractivity (Wildman–Crippen MR) is 53.0 cm³/mol. The van der Waals surface area contributed by atoms with Gasteiger partial charge >= 0.3 is 6.09 Å². The first-order valence-electron chi connectivity index (χ1n) is 4.44. The number of nitrogen functional groups attached to an aromatic ring is 1. The Morgan fingerprint density at radius 1 is 1.67 bits per heavy atom. The summed E-state index contributed by atoms with van der Waals surface area (Å²) in [6.45, 7) is 0.442. The number of nitrogens with two attached hydrogens (primary N) is 1. The molecule has 1 atom stereocenters. The second kappa shape index (κ2) is 3.50. The van der Waals surface area contributed by atoms with Crippen LogP contribution in [0.3, 0.4) is 0 Å². The highest BCUT2D eigenvalue weighted by molar-refractivity contribution is 5.74. The maximum absolute atomic E-state index is 11.4. The molecule has 1 aliphatic heterocycles. The maximum Gasteiger partial charge on any atom is 0.416 e. The molecular formula is C10H9N3O2. The molecule has 2 N–H and O–H groups in total. The van der Waals surface area contributed by atoms with E-state index in [-0.39, 0.29) is 6.04 Å². The summed E-state index contributed by atoms with van der Waals surface area (Å²) in [4.78, 5) is 12.7. The Hall–Kier alpha value is -2.22. The van der Waals surface area contributed by atoms with Gasteiger partial charge in [-0.05, 0) is 12.1 Å². The summed E-state index contributed by atoms with van der Waals surface area (Å²) in [6.07, 6.45) is -0.507. The third kappa shape index (κ3) is 1.99. The topological polar surface area (TPSA) is 79.1 Å². The van der Waals surface area contributed by atoms with Crippen LogP contribution in [-0.2, 0) is 0 Å². The zero-order valence-electron chi connectivity index (χ0n) is 7.88. The molecule has 1 heterocycles. The first kappa shape index (κ1) is 9.34. The van der Waals surface area contributed by atoms with Crippen molar-refractivity contribution in [3.8, 4) is 11.8 Å². The number of carbonyl (C=O) groups excluding carboxylic acids is 1. The summed E-state index contributed by atoms with van der Waals surface area (Å²) in [7, 11) is 0. The van der Waals surface area contributed by atoms with Crippen molar-refractivity contribution < 1.29 is 9.53 Å². The number of rotatable bonds is 1. The Balaban J connectivity index is 1.99. The molecule has 5 nitrogen and oxygen atoms in total. The monoisotopic (exact) mass is 203 g/mol. The number of hydrogen-bond donors (Lipinski definition) is 1. The van der Waals surface area contributed by atoms with Crippen molar-refractivity contribution in [2.24, 2.45) is 0 Å². The van der Waals surface area contributed by atoms with Gasteiger partial charge in [0.1, 0.15) is 11.8 Å². The molecule has 1 fully saturated rings. The van der Waals surface area contributed by atoms with Gasteiger partial charge in [-0.2, -0.15) is 5.26 Å². The van der Waals surface area contributed by atoms with E-state index in [0.717, 1.165) is 0 Å². The van der Waals surface area contributed by atoms with Crippen molar-refractivity contribution in [1.82, 2.24) is 4.90 Å². The highest BCUT2D eigenvalue weighted by Gasteiger charge is 2.40. The highest BCUT2D eigenvalue weighted by Crippen LogP contribution is 2.21. The molecule has 1 amide bonds. The third-order valence-electron chi connectivity index (χ3n) is 2.06. The van der Waals surface area contributed by atoms with E-state index in [2.05, 4.69) is 0 Å². The normalized spacial score (nSPS) is 18.1.